The van der Waals surface area contributed by atoms with Crippen LogP contribution in [0.5, 0.6) is 0 Å². The Morgan fingerprint density at radius 3 is 1.77 bits per heavy atom. The number of carboxylic acid groups (broad SMARTS) is 1. The summed E-state index contributed by atoms with van der Waals surface area (Å²) in [6.45, 7) is 8.10. The van der Waals surface area contributed by atoms with E-state index in [0.717, 1.165) is 70.6 Å². The third-order valence-electron chi connectivity index (χ3n) is 7.04. The van der Waals surface area contributed by atoms with E-state index in [0.29, 0.717) is 12.2 Å². The SMILES string of the molecule is CC(C)(CO)CCCCC1CCC(/C=C\C2CCC(CCCCC(C)(C)C(=O)O)O2)O1. The highest BCUT2D eigenvalue weighted by Crippen LogP contribution is 2.30. The van der Waals surface area contributed by atoms with Crippen molar-refractivity contribution in [2.45, 2.75) is 129 Å². The van der Waals surface area contributed by atoms with E-state index < -0.39 is 11.4 Å². The maximum Gasteiger partial charge on any atom is 0.309 e. The molecule has 4 atom stereocenters. The van der Waals surface area contributed by atoms with Gasteiger partial charge in [-0.05, 0) is 70.6 Å². The van der Waals surface area contributed by atoms with Gasteiger partial charge in [-0.1, -0.05) is 51.7 Å². The van der Waals surface area contributed by atoms with Crippen LogP contribution in [-0.2, 0) is 14.3 Å². The molecule has 0 saturated carbocycles. The molecule has 2 saturated heterocycles. The monoisotopic (exact) mass is 438 g/mol. The lowest BCUT2D eigenvalue weighted by Gasteiger charge is -2.21. The molecule has 5 nitrogen and oxygen atoms in total. The van der Waals surface area contributed by atoms with Gasteiger partial charge in [0.2, 0.25) is 0 Å². The number of aliphatic hydroxyl groups excluding tert-OH is 1. The molecular formula is C26H46O5. The Labute approximate surface area is 189 Å². The third kappa shape index (κ3) is 9.63. The van der Waals surface area contributed by atoms with Crippen molar-refractivity contribution >= 4 is 5.97 Å². The van der Waals surface area contributed by atoms with Crippen LogP contribution in [0.1, 0.15) is 105 Å². The van der Waals surface area contributed by atoms with Crippen LogP contribution < -0.4 is 0 Å². The van der Waals surface area contributed by atoms with Crippen LogP contribution in [0.3, 0.4) is 0 Å². The minimum absolute atomic E-state index is 0.0377. The summed E-state index contributed by atoms with van der Waals surface area (Å²) in [4.78, 5) is 11.2. The molecule has 0 bridgehead atoms. The minimum Gasteiger partial charge on any atom is -0.481 e. The standard InChI is InChI=1S/C26H46O5/c1-25(2,19-27)17-7-5-9-20-11-13-22(30-20)15-16-23-14-12-21(31-23)10-6-8-18-26(3,4)24(28)29/h15-16,20-23,27H,5-14,17-19H2,1-4H3,(H,28,29)/b16-15-. The zero-order valence-corrected chi connectivity index (χ0v) is 20.3. The van der Waals surface area contributed by atoms with Crippen LogP contribution in [-0.4, -0.2) is 47.2 Å². The van der Waals surface area contributed by atoms with E-state index in [1.54, 1.807) is 13.8 Å². The zero-order chi connectivity index (χ0) is 22.9. The van der Waals surface area contributed by atoms with Crippen LogP contribution >= 0.6 is 0 Å². The van der Waals surface area contributed by atoms with Crippen molar-refractivity contribution in [1.29, 1.82) is 0 Å². The van der Waals surface area contributed by atoms with E-state index in [1.807, 2.05) is 0 Å². The van der Waals surface area contributed by atoms with Crippen molar-refractivity contribution in [2.24, 2.45) is 10.8 Å². The Morgan fingerprint density at radius 2 is 1.32 bits per heavy atom. The number of unbranched alkanes of at least 4 members (excludes halogenated alkanes) is 2. The van der Waals surface area contributed by atoms with Gasteiger partial charge in [0.05, 0.1) is 29.8 Å². The first kappa shape index (κ1) is 26.3. The van der Waals surface area contributed by atoms with Gasteiger partial charge in [-0.15, -0.1) is 0 Å². The Bertz CT molecular complexity index is 568. The van der Waals surface area contributed by atoms with E-state index >= 15 is 0 Å². The fourth-order valence-corrected chi connectivity index (χ4v) is 4.52. The number of ether oxygens (including phenoxy) is 2. The van der Waals surface area contributed by atoms with E-state index in [9.17, 15) is 15.0 Å². The van der Waals surface area contributed by atoms with Crippen molar-refractivity contribution in [3.8, 4) is 0 Å². The molecule has 0 aromatic rings. The van der Waals surface area contributed by atoms with Crippen molar-refractivity contribution in [1.82, 2.24) is 0 Å². The van der Waals surface area contributed by atoms with Crippen molar-refractivity contribution in [3.63, 3.8) is 0 Å². The van der Waals surface area contributed by atoms with Gasteiger partial charge in [-0.3, -0.25) is 4.79 Å². The number of hydrogen-bond acceptors (Lipinski definition) is 4. The highest BCUT2D eigenvalue weighted by molar-refractivity contribution is 5.73. The average Bonchev–Trinajstić information content (AvgIpc) is 3.36. The Morgan fingerprint density at radius 1 is 0.839 bits per heavy atom. The predicted octanol–water partition coefficient (Wildman–Crippen LogP) is 5.89. The maximum absolute atomic E-state index is 11.2. The molecule has 2 heterocycles. The largest absolute Gasteiger partial charge is 0.481 e. The molecule has 4 unspecified atom stereocenters. The second kappa shape index (κ2) is 12.4. The zero-order valence-electron chi connectivity index (χ0n) is 20.3. The van der Waals surface area contributed by atoms with Gasteiger partial charge in [-0.2, -0.15) is 0 Å². The first-order valence-electron chi connectivity index (χ1n) is 12.4. The summed E-state index contributed by atoms with van der Waals surface area (Å²) in [5, 5.41) is 18.5. The normalized spacial score (nSPS) is 27.4. The molecule has 0 amide bonds. The summed E-state index contributed by atoms with van der Waals surface area (Å²) in [6.07, 6.45) is 18.1. The van der Waals surface area contributed by atoms with E-state index in [-0.39, 0.29) is 24.2 Å². The molecule has 0 radical (unpaired) electrons. The van der Waals surface area contributed by atoms with Gasteiger partial charge < -0.3 is 19.7 Å². The Kier molecular flexibility index (Phi) is 10.5. The number of carboxylic acids is 1. The fraction of sp³-hybridized carbons (Fsp3) is 0.885. The second-order valence-electron chi connectivity index (χ2n) is 11.1. The molecule has 2 fully saturated rings. The highest BCUT2D eigenvalue weighted by Gasteiger charge is 2.28. The maximum atomic E-state index is 11.2. The van der Waals surface area contributed by atoms with Crippen LogP contribution in [0.25, 0.3) is 0 Å². The first-order valence-corrected chi connectivity index (χ1v) is 12.4. The van der Waals surface area contributed by atoms with Gasteiger partial charge in [0.1, 0.15) is 0 Å². The lowest BCUT2D eigenvalue weighted by Crippen LogP contribution is -2.23. The number of hydrogen-bond donors (Lipinski definition) is 2. The summed E-state index contributed by atoms with van der Waals surface area (Å²) in [7, 11) is 0. The quantitative estimate of drug-likeness (QED) is 0.261. The number of carbonyl (C=O) groups is 1. The molecule has 0 spiro atoms. The molecular weight excluding hydrogens is 392 g/mol. The molecule has 0 aromatic carbocycles. The lowest BCUT2D eigenvalue weighted by atomic mass is 9.87. The molecule has 0 aliphatic carbocycles. The number of rotatable bonds is 14. The summed E-state index contributed by atoms with van der Waals surface area (Å²) in [5.41, 5.74) is -0.590. The minimum atomic E-state index is -0.711. The summed E-state index contributed by atoms with van der Waals surface area (Å²) < 4.78 is 12.4. The van der Waals surface area contributed by atoms with Gasteiger partial charge >= 0.3 is 5.97 Å². The number of aliphatic carboxylic acids is 1. The van der Waals surface area contributed by atoms with E-state index in [2.05, 4.69) is 26.0 Å². The summed E-state index contributed by atoms with van der Waals surface area (Å²) in [6, 6.07) is 0. The highest BCUT2D eigenvalue weighted by atomic mass is 16.5. The first-order chi connectivity index (χ1) is 14.6. The molecule has 31 heavy (non-hydrogen) atoms. The Hall–Kier alpha value is -0.910. The summed E-state index contributed by atoms with van der Waals surface area (Å²) in [5.74, 6) is -0.711. The second-order valence-corrected chi connectivity index (χ2v) is 11.1. The topological polar surface area (TPSA) is 76.0 Å². The van der Waals surface area contributed by atoms with Crippen LogP contribution in [0.15, 0.2) is 12.2 Å². The Balaban J connectivity index is 1.56. The van der Waals surface area contributed by atoms with Crippen LogP contribution in [0.4, 0.5) is 0 Å². The van der Waals surface area contributed by atoms with Crippen LogP contribution in [0, 0.1) is 10.8 Å². The third-order valence-corrected chi connectivity index (χ3v) is 7.04. The number of aliphatic hydroxyl groups is 1. The van der Waals surface area contributed by atoms with E-state index in [1.165, 1.54) is 6.42 Å². The van der Waals surface area contributed by atoms with Gasteiger partial charge in [0.15, 0.2) is 0 Å². The molecule has 2 aliphatic heterocycles. The van der Waals surface area contributed by atoms with Crippen molar-refractivity contribution in [3.05, 3.63) is 12.2 Å². The van der Waals surface area contributed by atoms with E-state index in [4.69, 9.17) is 9.47 Å². The van der Waals surface area contributed by atoms with Gasteiger partial charge in [0.25, 0.3) is 0 Å². The molecule has 2 aliphatic rings. The summed E-state index contributed by atoms with van der Waals surface area (Å²) >= 11 is 0. The fourth-order valence-electron chi connectivity index (χ4n) is 4.52. The molecule has 180 valence electrons. The van der Waals surface area contributed by atoms with Gasteiger partial charge in [0, 0.05) is 6.61 Å². The molecule has 2 rings (SSSR count). The van der Waals surface area contributed by atoms with Crippen molar-refractivity contribution in [2.75, 3.05) is 6.61 Å². The predicted molar refractivity (Wildman–Crippen MR) is 124 cm³/mol. The lowest BCUT2D eigenvalue weighted by molar-refractivity contribution is -0.147. The van der Waals surface area contributed by atoms with Crippen molar-refractivity contribution < 1.29 is 24.5 Å². The molecule has 2 N–H and O–H groups in total. The average molecular weight is 439 g/mol. The van der Waals surface area contributed by atoms with Gasteiger partial charge in [-0.25, -0.2) is 0 Å². The molecule has 0 aromatic heterocycles. The van der Waals surface area contributed by atoms with Crippen LogP contribution in [0.2, 0.25) is 0 Å². The smallest absolute Gasteiger partial charge is 0.309 e. The molecule has 5 heteroatoms.